The summed E-state index contributed by atoms with van der Waals surface area (Å²) in [5, 5.41) is 10.8. The molecule has 0 saturated heterocycles. The molecule has 1 heterocycles. The van der Waals surface area contributed by atoms with Crippen LogP contribution in [0.15, 0.2) is 12.3 Å². The number of hydrogen-bond acceptors (Lipinski definition) is 4. The number of nitrogens with zero attached hydrogens (tertiary/aromatic N) is 2. The molecule has 0 unspecified atom stereocenters. The summed E-state index contributed by atoms with van der Waals surface area (Å²) in [6.07, 6.45) is 0.699. The van der Waals surface area contributed by atoms with Gasteiger partial charge in [0.2, 0.25) is 5.82 Å². The Morgan fingerprint density at radius 2 is 1.55 bits per heavy atom. The molecule has 0 radical (unpaired) electrons. The van der Waals surface area contributed by atoms with Gasteiger partial charge >= 0.3 is 5.69 Å². The van der Waals surface area contributed by atoms with Gasteiger partial charge < -0.3 is 4.74 Å². The minimum absolute atomic E-state index is 0.474. The number of hydrogen-bond donors (Lipinski definition) is 0. The van der Waals surface area contributed by atoms with Gasteiger partial charge in [0.05, 0.1) is 17.6 Å². The Hall–Kier alpha value is -2.78. The van der Waals surface area contributed by atoms with Gasteiger partial charge in [0.25, 0.3) is 5.88 Å². The lowest BCUT2D eigenvalue weighted by Gasteiger charge is -2.09. The molecule has 10 heteroatoms. The van der Waals surface area contributed by atoms with Gasteiger partial charge in [-0.3, -0.25) is 10.1 Å². The Kier molecular flexibility index (Phi) is 3.93. The molecule has 0 bridgehead atoms. The standard InChI is InChI=1S/C12H5F5N2O3/c1-22-12-5(19(20)21)2-4(3-18-12)6-7(13)9(15)11(17)10(16)8(6)14/h2-3H,1H3. The van der Waals surface area contributed by atoms with Crippen LogP contribution < -0.4 is 4.74 Å². The molecule has 0 aliphatic carbocycles. The molecule has 5 nitrogen and oxygen atoms in total. The van der Waals surface area contributed by atoms with Gasteiger partial charge in [-0.15, -0.1) is 0 Å². The number of benzene rings is 1. The largest absolute Gasteiger partial charge is 0.476 e. The van der Waals surface area contributed by atoms with Crippen molar-refractivity contribution in [2.75, 3.05) is 7.11 Å². The summed E-state index contributed by atoms with van der Waals surface area (Å²) in [5.74, 6) is -11.3. The van der Waals surface area contributed by atoms with E-state index in [1.807, 2.05) is 0 Å². The van der Waals surface area contributed by atoms with Crippen molar-refractivity contribution in [3.8, 4) is 17.0 Å². The molecule has 116 valence electrons. The van der Waals surface area contributed by atoms with Crippen molar-refractivity contribution in [3.05, 3.63) is 51.5 Å². The average molecular weight is 320 g/mol. The topological polar surface area (TPSA) is 65.3 Å². The van der Waals surface area contributed by atoms with E-state index in [1.54, 1.807) is 0 Å². The number of halogens is 5. The van der Waals surface area contributed by atoms with Gasteiger partial charge in [-0.25, -0.2) is 26.9 Å². The Balaban J connectivity index is 2.78. The van der Waals surface area contributed by atoms with Crippen molar-refractivity contribution in [3.63, 3.8) is 0 Å². The maximum atomic E-state index is 13.7. The summed E-state index contributed by atoms with van der Waals surface area (Å²) >= 11 is 0. The second kappa shape index (κ2) is 5.54. The molecular weight excluding hydrogens is 315 g/mol. The number of aromatic nitrogens is 1. The van der Waals surface area contributed by atoms with Gasteiger partial charge in [-0.05, 0) is 0 Å². The Morgan fingerprint density at radius 3 is 2.00 bits per heavy atom. The maximum absolute atomic E-state index is 13.7. The summed E-state index contributed by atoms with van der Waals surface area (Å²) in [5.41, 5.74) is -2.75. The molecule has 0 fully saturated rings. The number of pyridine rings is 1. The molecule has 1 aromatic heterocycles. The van der Waals surface area contributed by atoms with Crippen LogP contribution in [-0.2, 0) is 0 Å². The number of ether oxygens (including phenoxy) is 1. The quantitative estimate of drug-likeness (QED) is 0.286. The van der Waals surface area contributed by atoms with E-state index in [4.69, 9.17) is 0 Å². The van der Waals surface area contributed by atoms with Crippen LogP contribution in [0, 0.1) is 39.2 Å². The molecule has 0 atom stereocenters. The highest BCUT2D eigenvalue weighted by atomic mass is 19.2. The lowest BCUT2D eigenvalue weighted by atomic mass is 10.0. The van der Waals surface area contributed by atoms with E-state index in [0.717, 1.165) is 7.11 Å². The maximum Gasteiger partial charge on any atom is 0.331 e. The average Bonchev–Trinajstić information content (AvgIpc) is 2.51. The van der Waals surface area contributed by atoms with Crippen molar-refractivity contribution in [2.24, 2.45) is 0 Å². The third kappa shape index (κ3) is 2.32. The van der Waals surface area contributed by atoms with Gasteiger partial charge in [0.1, 0.15) is 0 Å². The number of nitro groups is 1. The summed E-state index contributed by atoms with van der Waals surface area (Å²) in [4.78, 5) is 13.3. The lowest BCUT2D eigenvalue weighted by molar-refractivity contribution is -0.386. The molecule has 0 N–H and O–H groups in total. The molecule has 2 aromatic rings. The number of rotatable bonds is 3. The van der Waals surface area contributed by atoms with E-state index in [9.17, 15) is 32.1 Å². The fourth-order valence-electron chi connectivity index (χ4n) is 1.72. The predicted molar refractivity (Wildman–Crippen MR) is 62.7 cm³/mol. The predicted octanol–water partition coefficient (Wildman–Crippen LogP) is 3.36. The monoisotopic (exact) mass is 320 g/mol. The smallest absolute Gasteiger partial charge is 0.331 e. The zero-order chi connectivity index (χ0) is 16.6. The fraction of sp³-hybridized carbons (Fsp3) is 0.0833. The molecule has 0 spiro atoms. The van der Waals surface area contributed by atoms with Crippen LogP contribution in [0.2, 0.25) is 0 Å². The first-order chi connectivity index (χ1) is 10.3. The summed E-state index contributed by atoms with van der Waals surface area (Å²) in [7, 11) is 1.06. The molecule has 22 heavy (non-hydrogen) atoms. The lowest BCUT2D eigenvalue weighted by Crippen LogP contribution is -2.05. The first-order valence-corrected chi connectivity index (χ1v) is 5.49. The minimum Gasteiger partial charge on any atom is -0.476 e. The molecule has 0 saturated carbocycles. The van der Waals surface area contributed by atoms with E-state index >= 15 is 0 Å². The Morgan fingerprint density at radius 1 is 1.05 bits per heavy atom. The second-order valence-corrected chi connectivity index (χ2v) is 3.95. The van der Waals surface area contributed by atoms with Crippen LogP contribution in [0.1, 0.15) is 0 Å². The van der Waals surface area contributed by atoms with Crippen LogP contribution in [-0.4, -0.2) is 17.0 Å². The minimum atomic E-state index is -2.32. The highest BCUT2D eigenvalue weighted by molar-refractivity contribution is 5.68. The van der Waals surface area contributed by atoms with Gasteiger partial charge in [0.15, 0.2) is 23.3 Å². The third-order valence-electron chi connectivity index (χ3n) is 2.72. The van der Waals surface area contributed by atoms with E-state index < -0.39 is 56.7 Å². The van der Waals surface area contributed by atoms with Crippen LogP contribution in [0.3, 0.4) is 0 Å². The van der Waals surface area contributed by atoms with Crippen LogP contribution >= 0.6 is 0 Å². The van der Waals surface area contributed by atoms with Crippen LogP contribution in [0.5, 0.6) is 5.88 Å². The molecule has 0 amide bonds. The van der Waals surface area contributed by atoms with Gasteiger partial charge in [-0.1, -0.05) is 0 Å². The first kappa shape index (κ1) is 15.6. The van der Waals surface area contributed by atoms with Gasteiger partial charge in [0, 0.05) is 17.8 Å². The Labute approximate surface area is 119 Å². The molecular formula is C12H5F5N2O3. The first-order valence-electron chi connectivity index (χ1n) is 5.49. The number of methoxy groups -OCH3 is 1. The highest BCUT2D eigenvalue weighted by Crippen LogP contribution is 2.35. The van der Waals surface area contributed by atoms with E-state index in [0.29, 0.717) is 12.3 Å². The normalized spacial score (nSPS) is 10.6. The highest BCUT2D eigenvalue weighted by Gasteiger charge is 2.28. The van der Waals surface area contributed by atoms with Gasteiger partial charge in [-0.2, -0.15) is 0 Å². The summed E-state index contributed by atoms with van der Waals surface area (Å²) in [6, 6.07) is 0.601. The van der Waals surface area contributed by atoms with E-state index in [1.165, 1.54) is 0 Å². The fourth-order valence-corrected chi connectivity index (χ4v) is 1.72. The van der Waals surface area contributed by atoms with Crippen molar-refractivity contribution < 1.29 is 31.6 Å². The second-order valence-electron chi connectivity index (χ2n) is 3.95. The molecule has 0 aliphatic heterocycles. The molecule has 0 aliphatic rings. The summed E-state index contributed by atoms with van der Waals surface area (Å²) < 4.78 is 71.2. The zero-order valence-electron chi connectivity index (χ0n) is 10.7. The van der Waals surface area contributed by atoms with Crippen LogP contribution in [0.4, 0.5) is 27.6 Å². The molecule has 2 rings (SSSR count). The van der Waals surface area contributed by atoms with E-state index in [2.05, 4.69) is 9.72 Å². The van der Waals surface area contributed by atoms with E-state index in [-0.39, 0.29) is 0 Å². The molecule has 1 aromatic carbocycles. The van der Waals surface area contributed by atoms with Crippen LogP contribution in [0.25, 0.3) is 11.1 Å². The van der Waals surface area contributed by atoms with Crippen molar-refractivity contribution in [2.45, 2.75) is 0 Å². The third-order valence-corrected chi connectivity index (χ3v) is 2.72. The van der Waals surface area contributed by atoms with Crippen molar-refractivity contribution in [1.29, 1.82) is 0 Å². The SMILES string of the molecule is COc1ncc(-c2c(F)c(F)c(F)c(F)c2F)cc1[N+](=O)[O-]. The van der Waals surface area contributed by atoms with Crippen molar-refractivity contribution >= 4 is 5.69 Å². The summed E-state index contributed by atoms with van der Waals surface area (Å²) in [6.45, 7) is 0. The zero-order valence-corrected chi connectivity index (χ0v) is 10.7. The Bertz CT molecular complexity index is 753. The van der Waals surface area contributed by atoms with Crippen molar-refractivity contribution in [1.82, 2.24) is 4.98 Å².